The van der Waals surface area contributed by atoms with Crippen molar-refractivity contribution in [2.24, 2.45) is 7.05 Å². The lowest BCUT2D eigenvalue weighted by Gasteiger charge is -2.21. The number of carbonyl (C=O) groups excluding carboxylic acids is 1. The molecule has 0 saturated carbocycles. The van der Waals surface area contributed by atoms with Crippen molar-refractivity contribution >= 4 is 29.0 Å². The van der Waals surface area contributed by atoms with Crippen molar-refractivity contribution < 1.29 is 4.79 Å². The lowest BCUT2D eigenvalue weighted by atomic mass is 10.1. The van der Waals surface area contributed by atoms with E-state index in [9.17, 15) is 9.59 Å². The molecule has 6 heteroatoms. The van der Waals surface area contributed by atoms with Crippen LogP contribution in [0.25, 0.3) is 10.9 Å². The van der Waals surface area contributed by atoms with Crippen molar-refractivity contribution in [3.8, 4) is 0 Å². The van der Waals surface area contributed by atoms with Crippen LogP contribution >= 0.6 is 12.2 Å². The van der Waals surface area contributed by atoms with Gasteiger partial charge in [0.1, 0.15) is 0 Å². The number of aromatic amines is 1. The molecule has 1 heterocycles. The first-order valence-electron chi connectivity index (χ1n) is 7.02. The molecule has 0 unspecified atom stereocenters. The molecule has 2 rings (SSSR count). The van der Waals surface area contributed by atoms with Gasteiger partial charge in [-0.15, -0.1) is 0 Å². The summed E-state index contributed by atoms with van der Waals surface area (Å²) in [6.45, 7) is 8.76. The van der Waals surface area contributed by atoms with Crippen LogP contribution in [0.2, 0.25) is 0 Å². The molecule has 0 aliphatic carbocycles. The van der Waals surface area contributed by atoms with Crippen LogP contribution in [0.1, 0.15) is 24.2 Å². The molecule has 1 amide bonds. The highest BCUT2D eigenvalue weighted by Crippen LogP contribution is 2.13. The molecule has 0 aliphatic heterocycles. The molecular weight excluding hydrogens is 298 g/mol. The molecule has 2 aromatic rings. The van der Waals surface area contributed by atoms with Crippen molar-refractivity contribution in [1.29, 1.82) is 0 Å². The highest BCUT2D eigenvalue weighted by Gasteiger charge is 2.15. The summed E-state index contributed by atoms with van der Waals surface area (Å²) in [5, 5.41) is 0.510. The molecule has 0 fully saturated rings. The summed E-state index contributed by atoms with van der Waals surface area (Å²) in [7, 11) is 1.62. The normalized spacial score (nSPS) is 10.7. The zero-order chi connectivity index (χ0) is 16.4. The number of carbonyl (C=O) groups is 1. The second kappa shape index (κ2) is 6.27. The summed E-state index contributed by atoms with van der Waals surface area (Å²) in [4.78, 5) is 29.4. The Morgan fingerprint density at radius 3 is 2.73 bits per heavy atom. The number of amides is 1. The second-order valence-corrected chi connectivity index (χ2v) is 5.72. The number of nitrogens with zero attached hydrogens (tertiary/aromatic N) is 2. The SMILES string of the molecule is C=C(C)CN(CC)C(=O)c1ccc2c(=O)n(C)c(=S)[nH]c2c1. The molecule has 0 aliphatic rings. The molecule has 0 atom stereocenters. The number of likely N-dealkylation sites (N-methyl/N-ethyl adjacent to an activating group) is 1. The lowest BCUT2D eigenvalue weighted by molar-refractivity contribution is 0.0778. The highest BCUT2D eigenvalue weighted by molar-refractivity contribution is 7.71. The van der Waals surface area contributed by atoms with Gasteiger partial charge in [-0.05, 0) is 44.3 Å². The van der Waals surface area contributed by atoms with Crippen LogP contribution in [0, 0.1) is 4.77 Å². The fourth-order valence-corrected chi connectivity index (χ4v) is 2.47. The average Bonchev–Trinajstić information content (AvgIpc) is 2.49. The van der Waals surface area contributed by atoms with Gasteiger partial charge in [0, 0.05) is 25.7 Å². The Bertz CT molecular complexity index is 864. The standard InChI is InChI=1S/C16H19N3O2S/c1-5-19(9-10(2)3)14(20)11-6-7-12-13(8-11)17-16(22)18(4)15(12)21/h6-8H,2,5,9H2,1,3-4H3,(H,17,22). The van der Waals surface area contributed by atoms with E-state index >= 15 is 0 Å². The van der Waals surface area contributed by atoms with E-state index in [1.54, 1.807) is 30.1 Å². The number of hydrogen-bond donors (Lipinski definition) is 1. The number of H-pyrrole nitrogens is 1. The molecule has 1 aromatic heterocycles. The Labute approximate surface area is 133 Å². The maximum Gasteiger partial charge on any atom is 0.261 e. The molecule has 116 valence electrons. The first-order valence-corrected chi connectivity index (χ1v) is 7.42. The Kier molecular flexibility index (Phi) is 4.61. The van der Waals surface area contributed by atoms with Crippen molar-refractivity contribution in [3.63, 3.8) is 0 Å². The Balaban J connectivity index is 2.51. The molecule has 0 saturated heterocycles. The summed E-state index contributed by atoms with van der Waals surface area (Å²) in [5.41, 5.74) is 1.84. The van der Waals surface area contributed by atoms with Crippen molar-refractivity contribution in [3.05, 3.63) is 51.0 Å². The fourth-order valence-electron chi connectivity index (χ4n) is 2.27. The minimum Gasteiger partial charge on any atom is -0.335 e. The van der Waals surface area contributed by atoms with Crippen LogP contribution in [0.4, 0.5) is 0 Å². The largest absolute Gasteiger partial charge is 0.335 e. The Morgan fingerprint density at radius 1 is 1.45 bits per heavy atom. The van der Waals surface area contributed by atoms with E-state index in [1.807, 2.05) is 13.8 Å². The molecular formula is C16H19N3O2S. The predicted molar refractivity (Wildman–Crippen MR) is 90.8 cm³/mol. The number of hydrogen-bond acceptors (Lipinski definition) is 3. The van der Waals surface area contributed by atoms with Gasteiger partial charge in [-0.2, -0.15) is 0 Å². The summed E-state index contributed by atoms with van der Waals surface area (Å²) >= 11 is 5.11. The molecule has 0 bridgehead atoms. The van der Waals surface area contributed by atoms with Gasteiger partial charge >= 0.3 is 0 Å². The van der Waals surface area contributed by atoms with Gasteiger partial charge < -0.3 is 9.88 Å². The van der Waals surface area contributed by atoms with Gasteiger partial charge in [0.05, 0.1) is 10.9 Å². The monoisotopic (exact) mass is 317 g/mol. The number of nitrogens with one attached hydrogen (secondary N) is 1. The zero-order valence-electron chi connectivity index (χ0n) is 13.0. The van der Waals surface area contributed by atoms with Crippen LogP contribution in [-0.2, 0) is 7.05 Å². The maximum absolute atomic E-state index is 12.6. The van der Waals surface area contributed by atoms with Gasteiger partial charge in [-0.25, -0.2) is 0 Å². The Morgan fingerprint density at radius 2 is 2.14 bits per heavy atom. The van der Waals surface area contributed by atoms with Crippen molar-refractivity contribution in [2.45, 2.75) is 13.8 Å². The second-order valence-electron chi connectivity index (χ2n) is 5.33. The number of benzene rings is 1. The quantitative estimate of drug-likeness (QED) is 0.696. The molecule has 1 N–H and O–H groups in total. The van der Waals surface area contributed by atoms with Crippen LogP contribution < -0.4 is 5.56 Å². The summed E-state index contributed by atoms with van der Waals surface area (Å²) in [5.74, 6) is -0.0904. The van der Waals surface area contributed by atoms with Gasteiger partial charge in [0.15, 0.2) is 4.77 Å². The lowest BCUT2D eigenvalue weighted by Crippen LogP contribution is -2.32. The van der Waals surface area contributed by atoms with Crippen molar-refractivity contribution in [1.82, 2.24) is 14.5 Å². The highest BCUT2D eigenvalue weighted by atomic mass is 32.1. The first kappa shape index (κ1) is 16.2. The summed E-state index contributed by atoms with van der Waals surface area (Å²) in [6.07, 6.45) is 0. The van der Waals surface area contributed by atoms with Crippen molar-refractivity contribution in [2.75, 3.05) is 13.1 Å². The molecule has 22 heavy (non-hydrogen) atoms. The van der Waals surface area contributed by atoms with Crippen LogP contribution in [0.15, 0.2) is 35.1 Å². The summed E-state index contributed by atoms with van der Waals surface area (Å²) < 4.78 is 1.70. The van der Waals surface area contributed by atoms with E-state index in [0.29, 0.717) is 34.3 Å². The predicted octanol–water partition coefficient (Wildman–Crippen LogP) is 2.63. The van der Waals surface area contributed by atoms with Gasteiger partial charge in [0.25, 0.3) is 11.5 Å². The first-order chi connectivity index (χ1) is 10.3. The van der Waals surface area contributed by atoms with E-state index in [-0.39, 0.29) is 11.5 Å². The van der Waals surface area contributed by atoms with Crippen LogP contribution in [-0.4, -0.2) is 33.4 Å². The van der Waals surface area contributed by atoms with E-state index in [2.05, 4.69) is 11.6 Å². The van der Waals surface area contributed by atoms with Gasteiger partial charge in [-0.3, -0.25) is 14.2 Å². The number of fused-ring (bicyclic) bond motifs is 1. The molecule has 0 radical (unpaired) electrons. The average molecular weight is 317 g/mol. The maximum atomic E-state index is 12.6. The molecule has 1 aromatic carbocycles. The van der Waals surface area contributed by atoms with E-state index in [1.165, 1.54) is 4.57 Å². The number of rotatable bonds is 4. The smallest absolute Gasteiger partial charge is 0.261 e. The fraction of sp³-hybridized carbons (Fsp3) is 0.312. The third kappa shape index (κ3) is 3.01. The van der Waals surface area contributed by atoms with Crippen LogP contribution in [0.5, 0.6) is 0 Å². The van der Waals surface area contributed by atoms with Gasteiger partial charge in [-0.1, -0.05) is 12.2 Å². The van der Waals surface area contributed by atoms with E-state index in [4.69, 9.17) is 12.2 Å². The van der Waals surface area contributed by atoms with E-state index in [0.717, 1.165) is 5.57 Å². The summed E-state index contributed by atoms with van der Waals surface area (Å²) in [6, 6.07) is 5.00. The topological polar surface area (TPSA) is 58.1 Å². The minimum atomic E-state index is -0.174. The molecule has 5 nitrogen and oxygen atoms in total. The number of aromatic nitrogens is 2. The van der Waals surface area contributed by atoms with Crippen LogP contribution in [0.3, 0.4) is 0 Å². The third-order valence-electron chi connectivity index (χ3n) is 3.48. The van der Waals surface area contributed by atoms with Gasteiger partial charge in [0.2, 0.25) is 0 Å². The third-order valence-corrected chi connectivity index (χ3v) is 3.85. The van der Waals surface area contributed by atoms with E-state index < -0.39 is 0 Å². The molecule has 0 spiro atoms. The zero-order valence-corrected chi connectivity index (χ0v) is 13.8. The Hall–Kier alpha value is -2.21. The minimum absolute atomic E-state index is 0.0904.